The second kappa shape index (κ2) is 6.80. The number of hydrogen-bond acceptors (Lipinski definition) is 2. The zero-order valence-electron chi connectivity index (χ0n) is 13.9. The third kappa shape index (κ3) is 3.41. The van der Waals surface area contributed by atoms with Crippen LogP contribution in [0.15, 0.2) is 0 Å². The topological polar surface area (TPSA) is 49.4 Å². The maximum atomic E-state index is 12.9. The molecule has 21 heavy (non-hydrogen) atoms. The van der Waals surface area contributed by atoms with Gasteiger partial charge >= 0.3 is 0 Å². The second-order valence-electron chi connectivity index (χ2n) is 7.20. The van der Waals surface area contributed by atoms with Gasteiger partial charge in [-0.2, -0.15) is 0 Å². The molecule has 0 spiro atoms. The molecule has 3 unspecified atom stereocenters. The Morgan fingerprint density at radius 3 is 2.33 bits per heavy atom. The first-order chi connectivity index (χ1) is 9.95. The lowest BCUT2D eigenvalue weighted by Gasteiger charge is -2.43. The van der Waals surface area contributed by atoms with E-state index in [-0.39, 0.29) is 35.7 Å². The van der Waals surface area contributed by atoms with Crippen molar-refractivity contribution in [1.82, 2.24) is 10.2 Å². The van der Waals surface area contributed by atoms with Crippen molar-refractivity contribution in [1.29, 1.82) is 0 Å². The molecule has 1 saturated heterocycles. The Morgan fingerprint density at radius 1 is 1.19 bits per heavy atom. The summed E-state index contributed by atoms with van der Waals surface area (Å²) in [5.74, 6) is 1.11. The Hall–Kier alpha value is -1.06. The summed E-state index contributed by atoms with van der Waals surface area (Å²) >= 11 is 0. The Morgan fingerprint density at radius 2 is 1.81 bits per heavy atom. The van der Waals surface area contributed by atoms with Gasteiger partial charge in [-0.3, -0.25) is 9.59 Å². The minimum atomic E-state index is -0.334. The van der Waals surface area contributed by atoms with Crippen molar-refractivity contribution < 1.29 is 9.59 Å². The molecular formula is C17H30N2O2. The Kier molecular flexibility index (Phi) is 5.28. The lowest BCUT2D eigenvalue weighted by Crippen LogP contribution is -2.66. The molecule has 120 valence electrons. The van der Waals surface area contributed by atoms with Crippen LogP contribution in [0.4, 0.5) is 0 Å². The molecule has 1 saturated carbocycles. The Balaban J connectivity index is 2.19. The van der Waals surface area contributed by atoms with Gasteiger partial charge in [0.05, 0.1) is 0 Å². The normalized spacial score (nSPS) is 29.1. The SMILES string of the molecule is CCC(C)C1NC(=O)C(C(C)C)N(CC2CCCC2)C1=O. The lowest BCUT2D eigenvalue weighted by molar-refractivity contribution is -0.153. The molecule has 0 radical (unpaired) electrons. The highest BCUT2D eigenvalue weighted by Crippen LogP contribution is 2.29. The Bertz CT molecular complexity index is 388. The van der Waals surface area contributed by atoms with Gasteiger partial charge in [-0.1, -0.05) is 47.0 Å². The van der Waals surface area contributed by atoms with E-state index in [1.165, 1.54) is 25.7 Å². The number of rotatable bonds is 5. The third-order valence-electron chi connectivity index (χ3n) is 5.23. The minimum Gasteiger partial charge on any atom is -0.342 e. The summed E-state index contributed by atoms with van der Waals surface area (Å²) in [6.07, 6.45) is 5.83. The molecule has 0 bridgehead atoms. The number of carbonyl (C=O) groups is 2. The molecule has 0 aromatic heterocycles. The summed E-state index contributed by atoms with van der Waals surface area (Å²) in [4.78, 5) is 27.3. The summed E-state index contributed by atoms with van der Waals surface area (Å²) in [5.41, 5.74) is 0. The molecule has 2 fully saturated rings. The largest absolute Gasteiger partial charge is 0.342 e. The predicted octanol–water partition coefficient (Wildman–Crippen LogP) is 2.57. The van der Waals surface area contributed by atoms with Gasteiger partial charge in [-0.15, -0.1) is 0 Å². The number of amides is 2. The summed E-state index contributed by atoms with van der Waals surface area (Å²) in [5, 5.41) is 2.97. The van der Waals surface area contributed by atoms with Crippen LogP contribution in [0.25, 0.3) is 0 Å². The Labute approximate surface area is 128 Å². The van der Waals surface area contributed by atoms with Crippen LogP contribution >= 0.6 is 0 Å². The number of piperazine rings is 1. The van der Waals surface area contributed by atoms with Crippen molar-refractivity contribution in [3.05, 3.63) is 0 Å². The number of carbonyl (C=O) groups excluding carboxylic acids is 2. The average molecular weight is 294 g/mol. The van der Waals surface area contributed by atoms with E-state index in [9.17, 15) is 9.59 Å². The van der Waals surface area contributed by atoms with Crippen LogP contribution in [0.1, 0.15) is 59.8 Å². The van der Waals surface area contributed by atoms with E-state index in [0.29, 0.717) is 5.92 Å². The highest BCUT2D eigenvalue weighted by molar-refractivity contribution is 5.97. The van der Waals surface area contributed by atoms with Gasteiger partial charge in [0.25, 0.3) is 0 Å². The summed E-state index contributed by atoms with van der Waals surface area (Å²) in [6.45, 7) is 8.94. The van der Waals surface area contributed by atoms with Crippen LogP contribution < -0.4 is 5.32 Å². The molecule has 0 aromatic carbocycles. The fraction of sp³-hybridized carbons (Fsp3) is 0.882. The van der Waals surface area contributed by atoms with Crippen molar-refractivity contribution >= 4 is 11.8 Å². The lowest BCUT2D eigenvalue weighted by atomic mass is 9.90. The first-order valence-corrected chi connectivity index (χ1v) is 8.56. The highest BCUT2D eigenvalue weighted by atomic mass is 16.2. The molecule has 3 atom stereocenters. The van der Waals surface area contributed by atoms with E-state index in [1.807, 2.05) is 25.7 Å². The van der Waals surface area contributed by atoms with Gasteiger partial charge < -0.3 is 10.2 Å². The van der Waals surface area contributed by atoms with Crippen LogP contribution in [0, 0.1) is 17.8 Å². The highest BCUT2D eigenvalue weighted by Gasteiger charge is 2.44. The molecule has 2 rings (SSSR count). The van der Waals surface area contributed by atoms with Crippen molar-refractivity contribution in [2.75, 3.05) is 6.54 Å². The molecule has 0 aromatic rings. The molecular weight excluding hydrogens is 264 g/mol. The van der Waals surface area contributed by atoms with Crippen molar-refractivity contribution in [2.24, 2.45) is 17.8 Å². The monoisotopic (exact) mass is 294 g/mol. The average Bonchev–Trinajstić information content (AvgIpc) is 2.94. The van der Waals surface area contributed by atoms with Gasteiger partial charge in [0.1, 0.15) is 12.1 Å². The summed E-state index contributed by atoms with van der Waals surface area (Å²) in [7, 11) is 0. The van der Waals surface area contributed by atoms with Gasteiger partial charge in [-0.25, -0.2) is 0 Å². The minimum absolute atomic E-state index is 0.0351. The molecule has 4 nitrogen and oxygen atoms in total. The van der Waals surface area contributed by atoms with Crippen LogP contribution in [-0.2, 0) is 9.59 Å². The van der Waals surface area contributed by atoms with E-state index < -0.39 is 0 Å². The van der Waals surface area contributed by atoms with Crippen molar-refractivity contribution in [3.8, 4) is 0 Å². The molecule has 2 amide bonds. The van der Waals surface area contributed by atoms with E-state index in [4.69, 9.17) is 0 Å². The van der Waals surface area contributed by atoms with Crippen LogP contribution in [-0.4, -0.2) is 35.3 Å². The van der Waals surface area contributed by atoms with E-state index in [2.05, 4.69) is 12.2 Å². The van der Waals surface area contributed by atoms with Crippen molar-refractivity contribution in [3.63, 3.8) is 0 Å². The molecule has 2 aliphatic rings. The summed E-state index contributed by atoms with van der Waals surface area (Å²) < 4.78 is 0. The first-order valence-electron chi connectivity index (χ1n) is 8.56. The van der Waals surface area contributed by atoms with Crippen molar-refractivity contribution in [2.45, 2.75) is 71.9 Å². The molecule has 1 aliphatic heterocycles. The second-order valence-corrected chi connectivity index (χ2v) is 7.20. The van der Waals surface area contributed by atoms with Crippen LogP contribution in [0.5, 0.6) is 0 Å². The maximum Gasteiger partial charge on any atom is 0.246 e. The quantitative estimate of drug-likeness (QED) is 0.847. The van der Waals surface area contributed by atoms with Gasteiger partial charge in [-0.05, 0) is 30.6 Å². The summed E-state index contributed by atoms with van der Waals surface area (Å²) in [6, 6.07) is -0.627. The third-order valence-corrected chi connectivity index (χ3v) is 5.23. The van der Waals surface area contributed by atoms with Gasteiger partial charge in [0, 0.05) is 6.54 Å². The number of hydrogen-bond donors (Lipinski definition) is 1. The smallest absolute Gasteiger partial charge is 0.246 e. The zero-order chi connectivity index (χ0) is 15.6. The van der Waals surface area contributed by atoms with Crippen LogP contribution in [0.2, 0.25) is 0 Å². The number of nitrogens with zero attached hydrogens (tertiary/aromatic N) is 1. The van der Waals surface area contributed by atoms with E-state index in [1.54, 1.807) is 0 Å². The fourth-order valence-corrected chi connectivity index (χ4v) is 3.72. The standard InChI is InChI=1S/C17H30N2O2/c1-5-12(4)14-17(21)19(10-13-8-6-7-9-13)15(11(2)3)16(20)18-14/h11-15H,5-10H2,1-4H3,(H,18,20). The van der Waals surface area contributed by atoms with E-state index in [0.717, 1.165) is 13.0 Å². The van der Waals surface area contributed by atoms with E-state index >= 15 is 0 Å². The van der Waals surface area contributed by atoms with Gasteiger partial charge in [0.15, 0.2) is 0 Å². The van der Waals surface area contributed by atoms with Crippen LogP contribution in [0.3, 0.4) is 0 Å². The zero-order valence-corrected chi connectivity index (χ0v) is 13.9. The maximum absolute atomic E-state index is 12.9. The molecule has 1 heterocycles. The first kappa shape index (κ1) is 16.3. The number of nitrogens with one attached hydrogen (secondary N) is 1. The molecule has 1 aliphatic carbocycles. The van der Waals surface area contributed by atoms with Gasteiger partial charge in [0.2, 0.25) is 11.8 Å². The predicted molar refractivity (Wildman–Crippen MR) is 83.7 cm³/mol. The molecule has 1 N–H and O–H groups in total. The molecule has 4 heteroatoms. The fourth-order valence-electron chi connectivity index (χ4n) is 3.72.